The van der Waals surface area contributed by atoms with Crippen molar-refractivity contribution in [2.75, 3.05) is 4.90 Å². The molecule has 3 aliphatic heterocycles. The molecule has 4 heteroatoms. The normalized spacial score (nSPS) is 34.2. The van der Waals surface area contributed by atoms with Crippen molar-refractivity contribution in [3.05, 3.63) is 41.5 Å². The van der Waals surface area contributed by atoms with Crippen LogP contribution in [0.1, 0.15) is 11.1 Å². The third-order valence-corrected chi connectivity index (χ3v) is 4.52. The zero-order valence-electron chi connectivity index (χ0n) is 11.4. The maximum Gasteiger partial charge on any atom is 0.240 e. The number of aryl methyl sites for hydroxylation is 2. The molecule has 2 fully saturated rings. The highest BCUT2D eigenvalue weighted by Crippen LogP contribution is 2.46. The molecule has 0 aromatic heterocycles. The molecule has 2 bridgehead atoms. The lowest BCUT2D eigenvalue weighted by Gasteiger charge is -2.20. The molecule has 20 heavy (non-hydrogen) atoms. The lowest BCUT2D eigenvalue weighted by Crippen LogP contribution is -2.34. The fraction of sp³-hybridized carbons (Fsp3) is 0.375. The van der Waals surface area contributed by atoms with Gasteiger partial charge in [-0.25, -0.2) is 4.90 Å². The Kier molecular flexibility index (Phi) is 2.25. The average molecular weight is 269 g/mol. The van der Waals surface area contributed by atoms with Gasteiger partial charge in [0, 0.05) is 0 Å². The van der Waals surface area contributed by atoms with Gasteiger partial charge >= 0.3 is 0 Å². The van der Waals surface area contributed by atoms with Gasteiger partial charge in [-0.3, -0.25) is 9.59 Å². The molecule has 102 valence electrons. The summed E-state index contributed by atoms with van der Waals surface area (Å²) in [4.78, 5) is 26.7. The molecule has 2 amide bonds. The third kappa shape index (κ3) is 1.34. The number of carbonyl (C=O) groups is 2. The molecule has 1 aromatic carbocycles. The van der Waals surface area contributed by atoms with Crippen LogP contribution in [0.2, 0.25) is 0 Å². The van der Waals surface area contributed by atoms with Gasteiger partial charge in [0.1, 0.15) is 0 Å². The Morgan fingerprint density at radius 3 is 2.20 bits per heavy atom. The van der Waals surface area contributed by atoms with Crippen molar-refractivity contribution < 1.29 is 14.3 Å². The minimum absolute atomic E-state index is 0.120. The molecule has 0 saturated carbocycles. The van der Waals surface area contributed by atoms with Gasteiger partial charge in [0.25, 0.3) is 0 Å². The Hall–Kier alpha value is -1.94. The van der Waals surface area contributed by atoms with Gasteiger partial charge in [-0.1, -0.05) is 24.3 Å². The minimum Gasteiger partial charge on any atom is -0.365 e. The molecule has 0 unspecified atom stereocenters. The van der Waals surface area contributed by atoms with Crippen molar-refractivity contribution in [1.82, 2.24) is 0 Å². The number of rotatable bonds is 1. The highest BCUT2D eigenvalue weighted by atomic mass is 16.5. The molecule has 0 aliphatic carbocycles. The second kappa shape index (κ2) is 3.79. The van der Waals surface area contributed by atoms with E-state index in [2.05, 4.69) is 0 Å². The van der Waals surface area contributed by atoms with Crippen LogP contribution in [0.5, 0.6) is 0 Å². The summed E-state index contributed by atoms with van der Waals surface area (Å²) < 4.78 is 5.64. The highest BCUT2D eigenvalue weighted by molar-refractivity contribution is 6.23. The van der Waals surface area contributed by atoms with E-state index in [1.54, 1.807) is 0 Å². The van der Waals surface area contributed by atoms with Crippen molar-refractivity contribution in [3.8, 4) is 0 Å². The van der Waals surface area contributed by atoms with Gasteiger partial charge in [-0.2, -0.15) is 0 Å². The van der Waals surface area contributed by atoms with Crippen LogP contribution in [0.3, 0.4) is 0 Å². The van der Waals surface area contributed by atoms with E-state index in [4.69, 9.17) is 4.74 Å². The van der Waals surface area contributed by atoms with E-state index in [-0.39, 0.29) is 35.9 Å². The summed E-state index contributed by atoms with van der Waals surface area (Å²) in [6, 6.07) is 5.84. The summed E-state index contributed by atoms with van der Waals surface area (Å²) >= 11 is 0. The molecule has 3 heterocycles. The van der Waals surface area contributed by atoms with Gasteiger partial charge < -0.3 is 4.74 Å². The van der Waals surface area contributed by atoms with Crippen LogP contribution in [0.25, 0.3) is 0 Å². The fourth-order valence-corrected chi connectivity index (χ4v) is 3.50. The van der Waals surface area contributed by atoms with Crippen molar-refractivity contribution in [2.45, 2.75) is 26.1 Å². The van der Waals surface area contributed by atoms with E-state index in [9.17, 15) is 9.59 Å². The number of hydrogen-bond donors (Lipinski definition) is 0. The van der Waals surface area contributed by atoms with Gasteiger partial charge in [-0.15, -0.1) is 0 Å². The molecule has 4 nitrogen and oxygen atoms in total. The summed E-state index contributed by atoms with van der Waals surface area (Å²) in [6.07, 6.45) is 3.36. The largest absolute Gasteiger partial charge is 0.365 e. The van der Waals surface area contributed by atoms with Crippen LogP contribution in [0.4, 0.5) is 5.69 Å². The van der Waals surface area contributed by atoms with Crippen molar-refractivity contribution >= 4 is 17.5 Å². The Labute approximate surface area is 117 Å². The molecule has 4 rings (SSSR count). The SMILES string of the molecule is Cc1ccc(C)c(N2C(=O)[C@H]3[C@H](C2=O)[C@H]2C=C[C@H]3O2)c1. The number of fused-ring (bicyclic) bond motifs is 5. The van der Waals surface area contributed by atoms with E-state index in [0.717, 1.165) is 11.1 Å². The lowest BCUT2D eigenvalue weighted by molar-refractivity contribution is -0.124. The number of anilines is 1. The predicted octanol–water partition coefficient (Wildman–Crippen LogP) is 1.75. The van der Waals surface area contributed by atoms with Crippen LogP contribution in [-0.2, 0) is 14.3 Å². The zero-order chi connectivity index (χ0) is 14.0. The van der Waals surface area contributed by atoms with Crippen molar-refractivity contribution in [1.29, 1.82) is 0 Å². The first kappa shape index (κ1) is 11.9. The molecular weight excluding hydrogens is 254 g/mol. The molecule has 0 spiro atoms. The fourth-order valence-electron chi connectivity index (χ4n) is 3.50. The van der Waals surface area contributed by atoms with Crippen molar-refractivity contribution in [3.63, 3.8) is 0 Å². The molecule has 0 radical (unpaired) electrons. The Balaban J connectivity index is 1.80. The van der Waals surface area contributed by atoms with Crippen LogP contribution >= 0.6 is 0 Å². The van der Waals surface area contributed by atoms with Crippen LogP contribution in [0, 0.1) is 25.7 Å². The predicted molar refractivity (Wildman–Crippen MR) is 73.2 cm³/mol. The highest BCUT2D eigenvalue weighted by Gasteiger charge is 2.61. The van der Waals surface area contributed by atoms with Crippen molar-refractivity contribution in [2.24, 2.45) is 11.8 Å². The number of carbonyl (C=O) groups excluding carboxylic acids is 2. The Morgan fingerprint density at radius 2 is 1.60 bits per heavy atom. The van der Waals surface area contributed by atoms with E-state index >= 15 is 0 Å². The minimum atomic E-state index is -0.336. The van der Waals surface area contributed by atoms with E-state index < -0.39 is 0 Å². The van der Waals surface area contributed by atoms with Gasteiger partial charge in [0.15, 0.2) is 0 Å². The maximum atomic E-state index is 12.6. The first-order chi connectivity index (χ1) is 9.58. The molecule has 2 saturated heterocycles. The van der Waals surface area contributed by atoms with Crippen LogP contribution in [-0.4, -0.2) is 24.0 Å². The number of benzene rings is 1. The average Bonchev–Trinajstić information content (AvgIpc) is 3.08. The van der Waals surface area contributed by atoms with Gasteiger partial charge in [-0.05, 0) is 31.0 Å². The number of ether oxygens (including phenoxy) is 1. The molecule has 3 aliphatic rings. The summed E-state index contributed by atoms with van der Waals surface area (Å²) in [5.74, 6) is -0.911. The molecule has 4 atom stereocenters. The zero-order valence-corrected chi connectivity index (χ0v) is 11.4. The quantitative estimate of drug-likeness (QED) is 0.576. The second-order valence-electron chi connectivity index (χ2n) is 5.80. The first-order valence-electron chi connectivity index (χ1n) is 6.87. The summed E-state index contributed by atoms with van der Waals surface area (Å²) in [5, 5.41) is 0. The first-order valence-corrected chi connectivity index (χ1v) is 6.87. The number of imide groups is 1. The topological polar surface area (TPSA) is 46.6 Å². The van der Waals surface area contributed by atoms with Gasteiger partial charge in [0.05, 0.1) is 29.7 Å². The summed E-state index contributed by atoms with van der Waals surface area (Å²) in [7, 11) is 0. The van der Waals surface area contributed by atoms with E-state index in [0.29, 0.717) is 5.69 Å². The maximum absolute atomic E-state index is 12.6. The standard InChI is InChI=1S/C16H15NO3/c1-8-3-4-9(2)10(7-8)17-15(18)13-11-5-6-12(20-11)14(13)16(17)19/h3-7,11-14H,1-2H3/t11-,12-,13-,14-/m1/s1. The summed E-state index contributed by atoms with van der Waals surface area (Å²) in [6.45, 7) is 3.88. The van der Waals surface area contributed by atoms with E-state index in [1.165, 1.54) is 4.90 Å². The number of hydrogen-bond acceptors (Lipinski definition) is 3. The molecular formula is C16H15NO3. The number of amides is 2. The molecule has 1 aromatic rings. The molecule has 0 N–H and O–H groups in total. The number of nitrogens with zero attached hydrogens (tertiary/aromatic N) is 1. The van der Waals surface area contributed by atoms with Crippen LogP contribution in [0.15, 0.2) is 30.4 Å². The monoisotopic (exact) mass is 269 g/mol. The Bertz CT molecular complexity index is 634. The van der Waals surface area contributed by atoms with E-state index in [1.807, 2.05) is 44.2 Å². The van der Waals surface area contributed by atoms with Gasteiger partial charge in [0.2, 0.25) is 11.8 Å². The Morgan fingerprint density at radius 1 is 1.00 bits per heavy atom. The lowest BCUT2D eigenvalue weighted by atomic mass is 9.85. The smallest absolute Gasteiger partial charge is 0.240 e. The summed E-state index contributed by atoms with van der Waals surface area (Å²) in [5.41, 5.74) is 2.70. The third-order valence-electron chi connectivity index (χ3n) is 4.52. The van der Waals surface area contributed by atoms with Crippen LogP contribution < -0.4 is 4.90 Å². The second-order valence-corrected chi connectivity index (χ2v) is 5.80.